The van der Waals surface area contributed by atoms with E-state index in [0.29, 0.717) is 37.3 Å². The third-order valence-electron chi connectivity index (χ3n) is 6.26. The van der Waals surface area contributed by atoms with Gasteiger partial charge < -0.3 is 14.9 Å². The molecular formula is C25H21F4N3O4. The average Bonchev–Trinajstić information content (AvgIpc) is 3.40. The first-order chi connectivity index (χ1) is 17.0. The van der Waals surface area contributed by atoms with Gasteiger partial charge in [-0.25, -0.2) is 9.18 Å². The lowest BCUT2D eigenvalue weighted by Crippen LogP contribution is -2.34. The minimum absolute atomic E-state index is 0.0262. The van der Waals surface area contributed by atoms with Crippen molar-refractivity contribution in [3.63, 3.8) is 0 Å². The fraction of sp³-hybridized carbons (Fsp3) is 0.280. The van der Waals surface area contributed by atoms with E-state index in [4.69, 9.17) is 9.90 Å². The number of anilines is 1. The maximum atomic E-state index is 13.2. The molecule has 5 rings (SSSR count). The number of halogens is 4. The van der Waals surface area contributed by atoms with Crippen LogP contribution in [0.3, 0.4) is 0 Å². The summed E-state index contributed by atoms with van der Waals surface area (Å²) in [5.41, 5.74) is 1.89. The van der Waals surface area contributed by atoms with Crippen LogP contribution in [0.25, 0.3) is 10.9 Å². The summed E-state index contributed by atoms with van der Waals surface area (Å²) >= 11 is 0. The van der Waals surface area contributed by atoms with Crippen molar-refractivity contribution in [3.8, 4) is 0 Å². The second-order valence-electron chi connectivity index (χ2n) is 8.83. The van der Waals surface area contributed by atoms with E-state index < -0.39 is 12.1 Å². The summed E-state index contributed by atoms with van der Waals surface area (Å²) in [4.78, 5) is 42.5. The topological polar surface area (TPSA) is 90.8 Å². The van der Waals surface area contributed by atoms with Crippen molar-refractivity contribution in [2.45, 2.75) is 19.0 Å². The van der Waals surface area contributed by atoms with Gasteiger partial charge in [-0.3, -0.25) is 14.6 Å². The molecule has 2 aliphatic rings. The number of carboxylic acids is 1. The number of hydrogen-bond donors (Lipinski definition) is 1. The molecule has 0 radical (unpaired) electrons. The number of nitrogens with zero attached hydrogens (tertiary/aromatic N) is 3. The molecule has 36 heavy (non-hydrogen) atoms. The fourth-order valence-electron chi connectivity index (χ4n) is 4.50. The molecule has 11 heteroatoms. The van der Waals surface area contributed by atoms with Crippen molar-refractivity contribution in [3.05, 3.63) is 72.2 Å². The molecule has 1 spiro atoms. The van der Waals surface area contributed by atoms with Gasteiger partial charge in [-0.2, -0.15) is 13.2 Å². The minimum atomic E-state index is -5.08. The summed E-state index contributed by atoms with van der Waals surface area (Å²) in [5, 5.41) is 8.06. The SMILES string of the molecule is O=C(O)C(F)(F)F.O=C(c1cnc2ccccc2c1)N1CCC2(CC(=O)N(c3ccc(F)cc3)C2)C1. The van der Waals surface area contributed by atoms with Crippen molar-refractivity contribution in [2.24, 2.45) is 5.41 Å². The van der Waals surface area contributed by atoms with Crippen LogP contribution >= 0.6 is 0 Å². The summed E-state index contributed by atoms with van der Waals surface area (Å²) in [6.07, 6.45) is -2.27. The van der Waals surface area contributed by atoms with Gasteiger partial charge in [0.25, 0.3) is 5.91 Å². The van der Waals surface area contributed by atoms with Gasteiger partial charge in [-0.05, 0) is 42.8 Å². The molecule has 7 nitrogen and oxygen atoms in total. The highest BCUT2D eigenvalue weighted by Crippen LogP contribution is 2.42. The molecule has 0 saturated carbocycles. The number of aliphatic carboxylic acids is 1. The Bertz CT molecular complexity index is 1310. The van der Waals surface area contributed by atoms with Crippen LogP contribution in [0.1, 0.15) is 23.2 Å². The number of carbonyl (C=O) groups excluding carboxylic acids is 2. The molecule has 2 aliphatic heterocycles. The first-order valence-corrected chi connectivity index (χ1v) is 11.0. The van der Waals surface area contributed by atoms with E-state index in [1.807, 2.05) is 35.2 Å². The largest absolute Gasteiger partial charge is 0.490 e. The number of likely N-dealkylation sites (tertiary alicyclic amines) is 1. The number of aromatic nitrogens is 1. The van der Waals surface area contributed by atoms with E-state index in [1.54, 1.807) is 23.2 Å². The molecule has 0 aliphatic carbocycles. The Hall–Kier alpha value is -4.02. The van der Waals surface area contributed by atoms with Crippen LogP contribution in [-0.4, -0.2) is 58.6 Å². The molecule has 3 aromatic rings. The highest BCUT2D eigenvalue weighted by molar-refractivity contribution is 5.99. The maximum absolute atomic E-state index is 13.2. The number of pyridine rings is 1. The molecule has 188 valence electrons. The Balaban J connectivity index is 0.000000384. The van der Waals surface area contributed by atoms with E-state index in [9.17, 15) is 27.2 Å². The van der Waals surface area contributed by atoms with Crippen LogP contribution in [0.2, 0.25) is 0 Å². The molecule has 2 amide bonds. The van der Waals surface area contributed by atoms with Gasteiger partial charge in [-0.1, -0.05) is 18.2 Å². The number of carbonyl (C=O) groups is 3. The Morgan fingerprint density at radius 1 is 1.03 bits per heavy atom. The third kappa shape index (κ3) is 5.29. The summed E-state index contributed by atoms with van der Waals surface area (Å²) in [6, 6.07) is 15.6. The molecular weight excluding hydrogens is 482 g/mol. The smallest absolute Gasteiger partial charge is 0.475 e. The van der Waals surface area contributed by atoms with Crippen molar-refractivity contribution in [2.75, 3.05) is 24.5 Å². The molecule has 1 atom stereocenters. The summed E-state index contributed by atoms with van der Waals surface area (Å²) in [6.45, 7) is 1.72. The highest BCUT2D eigenvalue weighted by Gasteiger charge is 2.49. The van der Waals surface area contributed by atoms with Crippen LogP contribution in [0.4, 0.5) is 23.2 Å². The number of carboxylic acid groups (broad SMARTS) is 1. The lowest BCUT2D eigenvalue weighted by Gasteiger charge is -2.24. The fourth-order valence-corrected chi connectivity index (χ4v) is 4.50. The molecule has 2 saturated heterocycles. The van der Waals surface area contributed by atoms with E-state index in [1.165, 1.54) is 12.1 Å². The Kier molecular flexibility index (Phi) is 6.66. The Morgan fingerprint density at radius 2 is 1.69 bits per heavy atom. The van der Waals surface area contributed by atoms with Crippen LogP contribution < -0.4 is 4.90 Å². The normalized spacial score (nSPS) is 19.5. The third-order valence-corrected chi connectivity index (χ3v) is 6.26. The first-order valence-electron chi connectivity index (χ1n) is 11.0. The van der Waals surface area contributed by atoms with Crippen molar-refractivity contribution in [1.29, 1.82) is 0 Å². The van der Waals surface area contributed by atoms with Crippen LogP contribution in [-0.2, 0) is 9.59 Å². The van der Waals surface area contributed by atoms with E-state index in [2.05, 4.69) is 4.98 Å². The first kappa shape index (κ1) is 25.1. The predicted octanol–water partition coefficient (Wildman–Crippen LogP) is 4.28. The maximum Gasteiger partial charge on any atom is 0.490 e. The highest BCUT2D eigenvalue weighted by atomic mass is 19.4. The molecule has 3 heterocycles. The molecule has 1 N–H and O–H groups in total. The van der Waals surface area contributed by atoms with Gasteiger partial charge in [0, 0.05) is 48.7 Å². The van der Waals surface area contributed by atoms with Gasteiger partial charge >= 0.3 is 12.1 Å². The van der Waals surface area contributed by atoms with Crippen molar-refractivity contribution < 1.29 is 37.1 Å². The number of benzene rings is 2. The monoisotopic (exact) mass is 503 g/mol. The van der Waals surface area contributed by atoms with Gasteiger partial charge in [0.15, 0.2) is 0 Å². The number of para-hydroxylation sites is 1. The second kappa shape index (κ2) is 9.56. The average molecular weight is 503 g/mol. The number of amides is 2. The van der Waals surface area contributed by atoms with Crippen molar-refractivity contribution >= 4 is 34.4 Å². The van der Waals surface area contributed by atoms with Crippen LogP contribution in [0.15, 0.2) is 60.8 Å². The summed E-state index contributed by atoms with van der Waals surface area (Å²) in [5.74, 6) is -3.10. The zero-order chi connectivity index (χ0) is 26.1. The number of hydrogen-bond acceptors (Lipinski definition) is 4. The Labute approximate surface area is 202 Å². The number of fused-ring (bicyclic) bond motifs is 1. The summed E-state index contributed by atoms with van der Waals surface area (Å²) < 4.78 is 44.9. The zero-order valence-electron chi connectivity index (χ0n) is 18.8. The van der Waals surface area contributed by atoms with Gasteiger partial charge in [-0.15, -0.1) is 0 Å². The molecule has 1 aromatic heterocycles. The van der Waals surface area contributed by atoms with Gasteiger partial charge in [0.05, 0.1) is 11.1 Å². The van der Waals surface area contributed by atoms with Crippen LogP contribution in [0, 0.1) is 11.2 Å². The van der Waals surface area contributed by atoms with Crippen molar-refractivity contribution in [1.82, 2.24) is 9.88 Å². The molecule has 0 bridgehead atoms. The Morgan fingerprint density at radius 3 is 2.36 bits per heavy atom. The van der Waals surface area contributed by atoms with Gasteiger partial charge in [0.1, 0.15) is 5.82 Å². The van der Waals surface area contributed by atoms with E-state index in [0.717, 1.165) is 17.3 Å². The van der Waals surface area contributed by atoms with E-state index >= 15 is 0 Å². The molecule has 2 aromatic carbocycles. The lowest BCUT2D eigenvalue weighted by atomic mass is 9.86. The zero-order valence-corrected chi connectivity index (χ0v) is 18.8. The molecule has 1 unspecified atom stereocenters. The summed E-state index contributed by atoms with van der Waals surface area (Å²) in [7, 11) is 0. The quantitative estimate of drug-likeness (QED) is 0.528. The van der Waals surface area contributed by atoms with Gasteiger partial charge in [0.2, 0.25) is 5.91 Å². The second-order valence-corrected chi connectivity index (χ2v) is 8.83. The number of rotatable bonds is 2. The molecule has 2 fully saturated rings. The predicted molar refractivity (Wildman–Crippen MR) is 122 cm³/mol. The standard InChI is InChI=1S/C23H20FN3O2.C2HF3O2/c24-18-5-7-19(8-6-18)27-15-23(12-21(27)28)9-10-26(14-23)22(29)17-11-16-3-1-2-4-20(16)25-13-17;3-2(4,5)1(6)7/h1-8,11,13H,9-10,12,14-15H2;(H,6,7). The minimum Gasteiger partial charge on any atom is -0.475 e. The lowest BCUT2D eigenvalue weighted by molar-refractivity contribution is -0.192. The van der Waals surface area contributed by atoms with E-state index in [-0.39, 0.29) is 23.0 Å². The number of alkyl halides is 3. The van der Waals surface area contributed by atoms with Crippen LogP contribution in [0.5, 0.6) is 0 Å².